The van der Waals surface area contributed by atoms with Crippen LogP contribution in [0.25, 0.3) is 11.3 Å². The Kier molecular flexibility index (Phi) is 4.59. The molecule has 4 rings (SSSR count). The van der Waals surface area contributed by atoms with Crippen LogP contribution in [0, 0.1) is 13.8 Å². The Balaban J connectivity index is 1.61. The first kappa shape index (κ1) is 17.0. The molecule has 6 heteroatoms. The third kappa shape index (κ3) is 3.17. The van der Waals surface area contributed by atoms with Gasteiger partial charge in [0.05, 0.1) is 10.7 Å². The molecule has 1 aliphatic rings. The number of nitrogens with zero attached hydrogens (tertiary/aromatic N) is 3. The van der Waals surface area contributed by atoms with Crippen molar-refractivity contribution in [1.29, 1.82) is 0 Å². The third-order valence-corrected chi connectivity index (χ3v) is 5.93. The zero-order chi connectivity index (χ0) is 18.1. The van der Waals surface area contributed by atoms with Crippen LogP contribution in [0.3, 0.4) is 0 Å². The fourth-order valence-corrected chi connectivity index (χ4v) is 4.41. The van der Waals surface area contributed by atoms with Crippen molar-refractivity contribution in [1.82, 2.24) is 15.0 Å². The van der Waals surface area contributed by atoms with Crippen LogP contribution in [0.5, 0.6) is 0 Å². The number of hydrogen-bond donors (Lipinski definition) is 0. The summed E-state index contributed by atoms with van der Waals surface area (Å²) in [5.41, 5.74) is 3.14. The second-order valence-corrected chi connectivity index (χ2v) is 7.65. The van der Waals surface area contributed by atoms with Crippen LogP contribution < -0.4 is 0 Å². The normalized spacial score (nSPS) is 17.5. The van der Waals surface area contributed by atoms with Gasteiger partial charge in [-0.1, -0.05) is 35.5 Å². The molecule has 1 saturated heterocycles. The number of rotatable bonds is 3. The van der Waals surface area contributed by atoms with Gasteiger partial charge < -0.3 is 9.42 Å². The number of aromatic nitrogens is 2. The van der Waals surface area contributed by atoms with Gasteiger partial charge in [-0.2, -0.15) is 0 Å². The standard InChI is InChI=1S/C20H21N3O2S/c1-13-12-26-19(21-13)16-9-6-10-23(11-16)20(24)17-14(2)22-25-18(17)15-7-4-3-5-8-15/h3-5,7-8,12,16H,6,9-11H2,1-2H3. The van der Waals surface area contributed by atoms with Gasteiger partial charge in [0.15, 0.2) is 5.76 Å². The number of likely N-dealkylation sites (tertiary alicyclic amines) is 1. The van der Waals surface area contributed by atoms with E-state index >= 15 is 0 Å². The summed E-state index contributed by atoms with van der Waals surface area (Å²) in [4.78, 5) is 19.8. The number of carbonyl (C=O) groups excluding carboxylic acids is 1. The summed E-state index contributed by atoms with van der Waals surface area (Å²) < 4.78 is 5.50. The fourth-order valence-electron chi connectivity index (χ4n) is 3.49. The molecule has 5 nitrogen and oxygen atoms in total. The Morgan fingerprint density at radius 3 is 2.81 bits per heavy atom. The van der Waals surface area contributed by atoms with Gasteiger partial charge in [0, 0.05) is 35.6 Å². The number of hydrogen-bond acceptors (Lipinski definition) is 5. The molecule has 0 N–H and O–H groups in total. The van der Waals surface area contributed by atoms with E-state index in [1.165, 1.54) is 0 Å². The van der Waals surface area contributed by atoms with Crippen LogP contribution in [0.2, 0.25) is 0 Å². The van der Waals surface area contributed by atoms with E-state index < -0.39 is 0 Å². The molecule has 0 saturated carbocycles. The van der Waals surface area contributed by atoms with Crippen LogP contribution in [0.15, 0.2) is 40.2 Å². The van der Waals surface area contributed by atoms with Crippen LogP contribution in [0.4, 0.5) is 0 Å². The number of piperidine rings is 1. The zero-order valence-electron chi connectivity index (χ0n) is 14.9. The Bertz CT molecular complexity index is 916. The highest BCUT2D eigenvalue weighted by Crippen LogP contribution is 2.32. The van der Waals surface area contributed by atoms with E-state index in [1.54, 1.807) is 11.3 Å². The van der Waals surface area contributed by atoms with Crippen molar-refractivity contribution in [2.45, 2.75) is 32.6 Å². The summed E-state index contributed by atoms with van der Waals surface area (Å²) >= 11 is 1.69. The molecule has 0 aliphatic carbocycles. The Morgan fingerprint density at radius 2 is 2.08 bits per heavy atom. The summed E-state index contributed by atoms with van der Waals surface area (Å²) in [7, 11) is 0. The third-order valence-electron chi connectivity index (χ3n) is 4.81. The van der Waals surface area contributed by atoms with E-state index in [0.29, 0.717) is 29.5 Å². The predicted molar refractivity (Wildman–Crippen MR) is 101 cm³/mol. The molecule has 3 heterocycles. The molecule has 1 aliphatic heterocycles. The summed E-state index contributed by atoms with van der Waals surface area (Å²) in [6.45, 7) is 5.30. The molecular weight excluding hydrogens is 346 g/mol. The number of thiazole rings is 1. The average molecular weight is 367 g/mol. The number of amides is 1. The zero-order valence-corrected chi connectivity index (χ0v) is 15.8. The van der Waals surface area contributed by atoms with Crippen LogP contribution in [0.1, 0.15) is 45.5 Å². The monoisotopic (exact) mass is 367 g/mol. The molecule has 0 spiro atoms. The minimum absolute atomic E-state index is 0.000538. The van der Waals surface area contributed by atoms with Gasteiger partial charge in [-0.05, 0) is 26.7 Å². The van der Waals surface area contributed by atoms with E-state index in [4.69, 9.17) is 4.52 Å². The maximum Gasteiger partial charge on any atom is 0.259 e. The lowest BCUT2D eigenvalue weighted by Gasteiger charge is -2.31. The van der Waals surface area contributed by atoms with Gasteiger partial charge in [-0.3, -0.25) is 4.79 Å². The molecule has 134 valence electrons. The molecule has 1 fully saturated rings. The van der Waals surface area contributed by atoms with Gasteiger partial charge in [0.1, 0.15) is 5.56 Å². The second kappa shape index (κ2) is 7.03. The summed E-state index contributed by atoms with van der Waals surface area (Å²) in [6, 6.07) is 9.69. The van der Waals surface area contributed by atoms with E-state index in [0.717, 1.165) is 35.7 Å². The van der Waals surface area contributed by atoms with Crippen molar-refractivity contribution < 1.29 is 9.32 Å². The average Bonchev–Trinajstić information content (AvgIpc) is 3.28. The molecule has 0 radical (unpaired) electrons. The molecule has 1 amide bonds. The van der Waals surface area contributed by atoms with Crippen molar-refractivity contribution in [3.63, 3.8) is 0 Å². The largest absolute Gasteiger partial charge is 0.355 e. The van der Waals surface area contributed by atoms with Gasteiger partial charge in [-0.15, -0.1) is 11.3 Å². The molecule has 1 atom stereocenters. The van der Waals surface area contributed by atoms with Crippen molar-refractivity contribution in [2.24, 2.45) is 0 Å². The van der Waals surface area contributed by atoms with Gasteiger partial charge in [0.25, 0.3) is 5.91 Å². The summed E-state index contributed by atoms with van der Waals surface area (Å²) in [6.07, 6.45) is 2.06. The second-order valence-electron chi connectivity index (χ2n) is 6.76. The lowest BCUT2D eigenvalue weighted by atomic mass is 9.97. The number of aryl methyl sites for hydroxylation is 2. The lowest BCUT2D eigenvalue weighted by molar-refractivity contribution is 0.0706. The Hall–Kier alpha value is -2.47. The van der Waals surface area contributed by atoms with Gasteiger partial charge in [-0.25, -0.2) is 4.98 Å². The molecular formula is C20H21N3O2S. The van der Waals surface area contributed by atoms with Crippen molar-refractivity contribution in [3.05, 3.63) is 57.7 Å². The smallest absolute Gasteiger partial charge is 0.259 e. The highest BCUT2D eigenvalue weighted by atomic mass is 32.1. The van der Waals surface area contributed by atoms with E-state index in [-0.39, 0.29) is 5.91 Å². The summed E-state index contributed by atoms with van der Waals surface area (Å²) in [5, 5.41) is 7.26. The summed E-state index contributed by atoms with van der Waals surface area (Å²) in [5.74, 6) is 0.868. The first-order valence-electron chi connectivity index (χ1n) is 8.86. The van der Waals surface area contributed by atoms with Crippen molar-refractivity contribution in [3.8, 4) is 11.3 Å². The van der Waals surface area contributed by atoms with Gasteiger partial charge in [0.2, 0.25) is 0 Å². The Labute approximate surface area is 156 Å². The minimum Gasteiger partial charge on any atom is -0.355 e. The SMILES string of the molecule is Cc1csc(C2CCCN(C(=O)c3c(C)noc3-c3ccccc3)C2)n1. The molecule has 26 heavy (non-hydrogen) atoms. The first-order chi connectivity index (χ1) is 12.6. The maximum absolute atomic E-state index is 13.3. The fraction of sp³-hybridized carbons (Fsp3) is 0.350. The van der Waals surface area contributed by atoms with Crippen molar-refractivity contribution in [2.75, 3.05) is 13.1 Å². The topological polar surface area (TPSA) is 59.2 Å². The highest BCUT2D eigenvalue weighted by Gasteiger charge is 2.31. The molecule has 2 aromatic heterocycles. The predicted octanol–water partition coefficient (Wildman–Crippen LogP) is 4.43. The number of benzene rings is 1. The van der Waals surface area contributed by atoms with Crippen molar-refractivity contribution >= 4 is 17.2 Å². The molecule has 1 aromatic carbocycles. The van der Waals surface area contributed by atoms with E-state index in [9.17, 15) is 4.79 Å². The minimum atomic E-state index is 0.000538. The first-order valence-corrected chi connectivity index (χ1v) is 9.74. The quantitative estimate of drug-likeness (QED) is 0.687. The van der Waals surface area contributed by atoms with E-state index in [2.05, 4.69) is 15.5 Å². The maximum atomic E-state index is 13.3. The lowest BCUT2D eigenvalue weighted by Crippen LogP contribution is -2.39. The molecule has 1 unspecified atom stereocenters. The van der Waals surface area contributed by atoms with Gasteiger partial charge >= 0.3 is 0 Å². The highest BCUT2D eigenvalue weighted by molar-refractivity contribution is 7.09. The number of carbonyl (C=O) groups is 1. The van der Waals surface area contributed by atoms with Crippen LogP contribution >= 0.6 is 11.3 Å². The molecule has 0 bridgehead atoms. The van der Waals surface area contributed by atoms with E-state index in [1.807, 2.05) is 49.1 Å². The van der Waals surface area contributed by atoms with Crippen LogP contribution in [-0.2, 0) is 0 Å². The van der Waals surface area contributed by atoms with Crippen LogP contribution in [-0.4, -0.2) is 34.0 Å². The Morgan fingerprint density at radius 1 is 1.27 bits per heavy atom. The molecule has 3 aromatic rings.